The van der Waals surface area contributed by atoms with Gasteiger partial charge in [0.15, 0.2) is 0 Å². The Hall–Kier alpha value is -0.560. The fraction of sp³-hybridized carbons (Fsp3) is 0.789. The second-order valence-corrected chi connectivity index (χ2v) is 7.19. The Kier molecular flexibility index (Phi) is 7.58. The molecule has 0 aromatic carbocycles. The summed E-state index contributed by atoms with van der Waals surface area (Å²) < 4.78 is 6.31. The SMILES string of the molecule is C=CCCCCC1(CCCCC=C)CC(C)(C)CCO1. The van der Waals surface area contributed by atoms with Crippen molar-refractivity contribution >= 4 is 0 Å². The van der Waals surface area contributed by atoms with Crippen LogP contribution in [-0.2, 0) is 4.74 Å². The van der Waals surface area contributed by atoms with Gasteiger partial charge in [-0.25, -0.2) is 0 Å². The van der Waals surface area contributed by atoms with E-state index in [2.05, 4.69) is 27.0 Å². The first kappa shape index (κ1) is 17.5. The molecule has 0 saturated carbocycles. The predicted molar refractivity (Wildman–Crippen MR) is 89.0 cm³/mol. The molecule has 0 aliphatic carbocycles. The molecule has 0 N–H and O–H groups in total. The van der Waals surface area contributed by atoms with E-state index in [-0.39, 0.29) is 5.60 Å². The minimum absolute atomic E-state index is 0.143. The molecule has 0 radical (unpaired) electrons. The molecule has 0 aromatic heterocycles. The summed E-state index contributed by atoms with van der Waals surface area (Å²) in [6.07, 6.45) is 16.2. The van der Waals surface area contributed by atoms with Gasteiger partial charge < -0.3 is 4.74 Å². The van der Waals surface area contributed by atoms with Crippen LogP contribution in [0.15, 0.2) is 25.3 Å². The van der Waals surface area contributed by atoms with E-state index < -0.39 is 0 Å². The van der Waals surface area contributed by atoms with Crippen LogP contribution in [0.5, 0.6) is 0 Å². The highest BCUT2D eigenvalue weighted by Gasteiger charge is 2.40. The average Bonchev–Trinajstić information content (AvgIpc) is 2.39. The topological polar surface area (TPSA) is 9.23 Å². The summed E-state index contributed by atoms with van der Waals surface area (Å²) in [4.78, 5) is 0. The van der Waals surface area contributed by atoms with Crippen molar-refractivity contribution in [1.29, 1.82) is 0 Å². The van der Waals surface area contributed by atoms with E-state index in [1.807, 2.05) is 12.2 Å². The second-order valence-electron chi connectivity index (χ2n) is 7.19. The molecule has 1 aliphatic rings. The Bertz CT molecular complexity index is 274. The standard InChI is InChI=1S/C19H34O/c1-5-7-9-11-13-19(14-12-10-8-6-2)17-18(3,4)15-16-20-19/h5-6H,1-2,7-17H2,3-4H3. The summed E-state index contributed by atoms with van der Waals surface area (Å²) in [6.45, 7) is 13.4. The molecule has 1 aliphatic heterocycles. The van der Waals surface area contributed by atoms with E-state index in [4.69, 9.17) is 4.74 Å². The van der Waals surface area contributed by atoms with Gasteiger partial charge in [0.2, 0.25) is 0 Å². The molecule has 0 amide bonds. The Morgan fingerprint density at radius 2 is 1.50 bits per heavy atom. The van der Waals surface area contributed by atoms with Crippen LogP contribution in [0.25, 0.3) is 0 Å². The second kappa shape index (κ2) is 8.67. The molecular formula is C19H34O. The normalized spacial score (nSPS) is 20.5. The molecule has 20 heavy (non-hydrogen) atoms. The van der Waals surface area contributed by atoms with Crippen molar-refractivity contribution in [2.24, 2.45) is 5.41 Å². The zero-order valence-electron chi connectivity index (χ0n) is 13.8. The van der Waals surface area contributed by atoms with Crippen LogP contribution in [0, 0.1) is 5.41 Å². The Balaban J connectivity index is 2.52. The molecule has 0 bridgehead atoms. The van der Waals surface area contributed by atoms with E-state index in [0.717, 1.165) is 19.4 Å². The largest absolute Gasteiger partial charge is 0.375 e. The highest BCUT2D eigenvalue weighted by atomic mass is 16.5. The summed E-state index contributed by atoms with van der Waals surface area (Å²) in [5.41, 5.74) is 0.583. The van der Waals surface area contributed by atoms with E-state index in [1.54, 1.807) is 0 Å². The van der Waals surface area contributed by atoms with Crippen LogP contribution in [0.3, 0.4) is 0 Å². The highest BCUT2D eigenvalue weighted by molar-refractivity contribution is 4.91. The first-order valence-electron chi connectivity index (χ1n) is 8.39. The molecule has 1 heteroatoms. The van der Waals surface area contributed by atoms with Gasteiger partial charge in [-0.15, -0.1) is 13.2 Å². The lowest BCUT2D eigenvalue weighted by Crippen LogP contribution is -2.43. The van der Waals surface area contributed by atoms with Crippen LogP contribution in [0.1, 0.15) is 78.1 Å². The van der Waals surface area contributed by atoms with Crippen molar-refractivity contribution in [3.63, 3.8) is 0 Å². The number of allylic oxidation sites excluding steroid dienone is 2. The number of ether oxygens (including phenoxy) is 1. The average molecular weight is 278 g/mol. The molecular weight excluding hydrogens is 244 g/mol. The third-order valence-corrected chi connectivity index (χ3v) is 4.57. The van der Waals surface area contributed by atoms with Gasteiger partial charge in [-0.05, 0) is 56.8 Å². The Labute approximate surface area is 126 Å². The van der Waals surface area contributed by atoms with E-state index in [9.17, 15) is 0 Å². The third kappa shape index (κ3) is 6.26. The monoisotopic (exact) mass is 278 g/mol. The summed E-state index contributed by atoms with van der Waals surface area (Å²) in [5, 5.41) is 0. The molecule has 0 unspecified atom stereocenters. The minimum Gasteiger partial charge on any atom is -0.375 e. The van der Waals surface area contributed by atoms with Gasteiger partial charge in [0.05, 0.1) is 5.60 Å². The Morgan fingerprint density at radius 1 is 0.950 bits per heavy atom. The van der Waals surface area contributed by atoms with Crippen molar-refractivity contribution in [2.45, 2.75) is 83.7 Å². The van der Waals surface area contributed by atoms with E-state index in [1.165, 1.54) is 51.4 Å². The minimum atomic E-state index is 0.143. The first-order chi connectivity index (χ1) is 9.54. The van der Waals surface area contributed by atoms with Crippen molar-refractivity contribution in [3.8, 4) is 0 Å². The maximum Gasteiger partial charge on any atom is 0.0687 e. The molecule has 1 saturated heterocycles. The van der Waals surface area contributed by atoms with Gasteiger partial charge in [0.1, 0.15) is 0 Å². The van der Waals surface area contributed by atoms with Gasteiger partial charge in [-0.1, -0.05) is 38.8 Å². The summed E-state index contributed by atoms with van der Waals surface area (Å²) in [7, 11) is 0. The molecule has 0 atom stereocenters. The zero-order chi connectivity index (χ0) is 14.9. The predicted octanol–water partition coefficient (Wildman–Crippen LogP) is 6.05. The van der Waals surface area contributed by atoms with Crippen LogP contribution < -0.4 is 0 Å². The van der Waals surface area contributed by atoms with E-state index >= 15 is 0 Å². The van der Waals surface area contributed by atoms with Crippen molar-refractivity contribution in [3.05, 3.63) is 25.3 Å². The van der Waals surface area contributed by atoms with Crippen LogP contribution in [0.2, 0.25) is 0 Å². The molecule has 0 aromatic rings. The van der Waals surface area contributed by atoms with Gasteiger partial charge in [-0.2, -0.15) is 0 Å². The summed E-state index contributed by atoms with van der Waals surface area (Å²) in [5.74, 6) is 0. The first-order valence-corrected chi connectivity index (χ1v) is 8.39. The molecule has 1 fully saturated rings. The van der Waals surface area contributed by atoms with Crippen LogP contribution in [-0.4, -0.2) is 12.2 Å². The molecule has 0 spiro atoms. The zero-order valence-corrected chi connectivity index (χ0v) is 13.8. The maximum atomic E-state index is 6.31. The smallest absolute Gasteiger partial charge is 0.0687 e. The van der Waals surface area contributed by atoms with Gasteiger partial charge >= 0.3 is 0 Å². The van der Waals surface area contributed by atoms with Crippen molar-refractivity contribution < 1.29 is 4.74 Å². The third-order valence-electron chi connectivity index (χ3n) is 4.57. The van der Waals surface area contributed by atoms with Crippen molar-refractivity contribution in [2.75, 3.05) is 6.61 Å². The number of hydrogen-bond acceptors (Lipinski definition) is 1. The van der Waals surface area contributed by atoms with E-state index in [0.29, 0.717) is 5.41 Å². The fourth-order valence-electron chi connectivity index (χ4n) is 3.47. The molecule has 1 heterocycles. The van der Waals surface area contributed by atoms with Gasteiger partial charge in [0, 0.05) is 6.61 Å². The lowest BCUT2D eigenvalue weighted by Gasteiger charge is -2.45. The quantitative estimate of drug-likeness (QED) is 0.349. The lowest BCUT2D eigenvalue weighted by molar-refractivity contribution is -0.128. The van der Waals surface area contributed by atoms with Crippen molar-refractivity contribution in [1.82, 2.24) is 0 Å². The number of unbranched alkanes of at least 4 members (excludes halogenated alkanes) is 4. The molecule has 1 nitrogen and oxygen atoms in total. The Morgan fingerprint density at radius 3 is 1.95 bits per heavy atom. The number of hydrogen-bond donors (Lipinski definition) is 0. The lowest BCUT2D eigenvalue weighted by atomic mass is 9.72. The van der Waals surface area contributed by atoms with Gasteiger partial charge in [-0.3, -0.25) is 0 Å². The summed E-state index contributed by atoms with van der Waals surface area (Å²) >= 11 is 0. The summed E-state index contributed by atoms with van der Waals surface area (Å²) in [6, 6.07) is 0. The highest BCUT2D eigenvalue weighted by Crippen LogP contribution is 2.43. The van der Waals surface area contributed by atoms with Crippen LogP contribution in [0.4, 0.5) is 0 Å². The van der Waals surface area contributed by atoms with Crippen LogP contribution >= 0.6 is 0 Å². The maximum absolute atomic E-state index is 6.31. The fourth-order valence-corrected chi connectivity index (χ4v) is 3.47. The van der Waals surface area contributed by atoms with Gasteiger partial charge in [0.25, 0.3) is 0 Å². The molecule has 116 valence electrons. The molecule has 1 rings (SSSR count). The number of rotatable bonds is 10.